The van der Waals surface area contributed by atoms with Crippen LogP contribution in [0.5, 0.6) is 0 Å². The lowest BCUT2D eigenvalue weighted by Gasteiger charge is -2.39. The first-order valence-electron chi connectivity index (χ1n) is 8.20. The largest absolute Gasteiger partial charge is 0.408 e. The molecule has 2 bridgehead atoms. The molecule has 0 unspecified atom stereocenters. The van der Waals surface area contributed by atoms with Crippen molar-refractivity contribution in [2.45, 2.75) is 81.8 Å². The van der Waals surface area contributed by atoms with E-state index in [-0.39, 0.29) is 12.1 Å². The number of aliphatic hydroxyl groups is 1. The number of piperidine rings is 1. The fourth-order valence-electron chi connectivity index (χ4n) is 4.45. The van der Waals surface area contributed by atoms with Crippen LogP contribution in [0.15, 0.2) is 0 Å². The Hall–Kier alpha value is -0.980. The number of fused-ring (bicyclic) bond motifs is 2. The minimum Gasteiger partial charge on any atom is -0.393 e. The molecule has 2 N–H and O–H groups in total. The minimum absolute atomic E-state index is 0.119. The Kier molecular flexibility index (Phi) is 4.27. The smallest absolute Gasteiger partial charge is 0.393 e. The maximum atomic E-state index is 13.3. The van der Waals surface area contributed by atoms with Crippen molar-refractivity contribution < 1.29 is 23.1 Å². The van der Waals surface area contributed by atoms with Crippen molar-refractivity contribution in [2.24, 2.45) is 5.92 Å². The number of hydrogen-bond donors (Lipinski definition) is 2. The molecule has 0 aromatic heterocycles. The van der Waals surface area contributed by atoms with Crippen molar-refractivity contribution in [3.63, 3.8) is 0 Å². The van der Waals surface area contributed by atoms with Crippen LogP contribution in [0.4, 0.5) is 18.0 Å². The third-order valence-electron chi connectivity index (χ3n) is 5.45. The highest BCUT2D eigenvalue weighted by Crippen LogP contribution is 2.38. The normalized spacial score (nSPS) is 34.0. The lowest BCUT2D eigenvalue weighted by Crippen LogP contribution is -2.58. The number of nitrogens with zero attached hydrogens (tertiary/aromatic N) is 1. The minimum atomic E-state index is -4.40. The summed E-state index contributed by atoms with van der Waals surface area (Å²) in [5.74, 6) is -0.503. The van der Waals surface area contributed by atoms with Gasteiger partial charge in [-0.15, -0.1) is 0 Å². The van der Waals surface area contributed by atoms with E-state index in [1.54, 1.807) is 4.90 Å². The van der Waals surface area contributed by atoms with Crippen molar-refractivity contribution in [1.82, 2.24) is 10.2 Å². The van der Waals surface area contributed by atoms with Crippen LogP contribution in [0.3, 0.4) is 0 Å². The van der Waals surface area contributed by atoms with Crippen molar-refractivity contribution in [3.8, 4) is 0 Å². The number of halogens is 3. The number of hydrogen-bond acceptors (Lipinski definition) is 2. The van der Waals surface area contributed by atoms with E-state index in [1.165, 1.54) is 0 Å². The third kappa shape index (κ3) is 3.05. The lowest BCUT2D eigenvalue weighted by molar-refractivity contribution is -0.165. The van der Waals surface area contributed by atoms with Gasteiger partial charge in [0.2, 0.25) is 0 Å². The van der Waals surface area contributed by atoms with Gasteiger partial charge in [-0.05, 0) is 44.4 Å². The Morgan fingerprint density at radius 3 is 2.14 bits per heavy atom. The summed E-state index contributed by atoms with van der Waals surface area (Å²) in [5.41, 5.74) is 0. The number of rotatable bonds is 2. The summed E-state index contributed by atoms with van der Waals surface area (Å²) in [6.45, 7) is 0. The van der Waals surface area contributed by atoms with Crippen LogP contribution in [-0.4, -0.2) is 46.4 Å². The van der Waals surface area contributed by atoms with Gasteiger partial charge in [0.25, 0.3) is 0 Å². The molecule has 0 aromatic rings. The van der Waals surface area contributed by atoms with Crippen LogP contribution in [0.2, 0.25) is 0 Å². The number of carbonyl (C=O) groups excluding carboxylic acids is 1. The molecule has 2 saturated heterocycles. The highest BCUT2D eigenvalue weighted by atomic mass is 19.4. The van der Waals surface area contributed by atoms with Crippen molar-refractivity contribution in [2.75, 3.05) is 0 Å². The predicted octanol–water partition coefficient (Wildman–Crippen LogP) is 2.80. The molecule has 126 valence electrons. The zero-order chi connectivity index (χ0) is 15.9. The van der Waals surface area contributed by atoms with Crippen LogP contribution < -0.4 is 5.32 Å². The molecule has 1 saturated carbocycles. The maximum Gasteiger partial charge on any atom is 0.408 e. The van der Waals surface area contributed by atoms with E-state index in [0.29, 0.717) is 25.7 Å². The molecule has 3 fully saturated rings. The summed E-state index contributed by atoms with van der Waals surface area (Å²) in [7, 11) is 0. The van der Waals surface area contributed by atoms with Gasteiger partial charge >= 0.3 is 12.2 Å². The Morgan fingerprint density at radius 1 is 1.09 bits per heavy atom. The van der Waals surface area contributed by atoms with Crippen LogP contribution >= 0.6 is 0 Å². The van der Waals surface area contributed by atoms with Crippen LogP contribution in [0, 0.1) is 5.92 Å². The van der Waals surface area contributed by atoms with Gasteiger partial charge < -0.3 is 15.3 Å². The summed E-state index contributed by atoms with van der Waals surface area (Å²) in [5, 5.41) is 12.0. The lowest BCUT2D eigenvalue weighted by atomic mass is 9.97. The third-order valence-corrected chi connectivity index (χ3v) is 5.45. The van der Waals surface area contributed by atoms with Crippen LogP contribution in [0.25, 0.3) is 0 Å². The first kappa shape index (κ1) is 15.9. The molecule has 0 aromatic carbocycles. The Morgan fingerprint density at radius 2 is 1.64 bits per heavy atom. The van der Waals surface area contributed by atoms with Crippen molar-refractivity contribution in [1.29, 1.82) is 0 Å². The average molecular weight is 320 g/mol. The number of aliphatic hydroxyl groups excluding tert-OH is 1. The summed E-state index contributed by atoms with van der Waals surface area (Å²) in [6, 6.07) is -2.58. The van der Waals surface area contributed by atoms with Gasteiger partial charge in [-0.2, -0.15) is 13.2 Å². The first-order valence-corrected chi connectivity index (χ1v) is 8.20. The van der Waals surface area contributed by atoms with E-state index >= 15 is 0 Å². The molecule has 7 heteroatoms. The SMILES string of the molecule is O=C(N[C@H](C1CCCC1)C(F)(F)F)N1[C@H]2CC[C@H]1CC(O)C2. The molecule has 0 spiro atoms. The van der Waals surface area contributed by atoms with Gasteiger partial charge in [-0.25, -0.2) is 4.79 Å². The van der Waals surface area contributed by atoms with Gasteiger partial charge in [-0.1, -0.05) is 12.8 Å². The Labute approximate surface area is 128 Å². The number of amides is 2. The van der Waals surface area contributed by atoms with Gasteiger partial charge in [0.1, 0.15) is 6.04 Å². The van der Waals surface area contributed by atoms with Crippen molar-refractivity contribution in [3.05, 3.63) is 0 Å². The van der Waals surface area contributed by atoms with Gasteiger partial charge in [0.05, 0.1) is 6.10 Å². The molecular weight excluding hydrogens is 297 g/mol. The molecule has 3 aliphatic rings. The molecule has 22 heavy (non-hydrogen) atoms. The molecule has 2 aliphatic heterocycles. The van der Waals surface area contributed by atoms with Gasteiger partial charge in [0.15, 0.2) is 0 Å². The average Bonchev–Trinajstić information content (AvgIpc) is 3.02. The number of alkyl halides is 3. The van der Waals surface area contributed by atoms with Crippen molar-refractivity contribution >= 4 is 6.03 Å². The van der Waals surface area contributed by atoms with E-state index in [2.05, 4.69) is 5.32 Å². The quantitative estimate of drug-likeness (QED) is 0.822. The highest BCUT2D eigenvalue weighted by Gasteiger charge is 2.49. The maximum absolute atomic E-state index is 13.3. The second-order valence-electron chi connectivity index (χ2n) is 6.93. The second-order valence-corrected chi connectivity index (χ2v) is 6.93. The molecule has 3 rings (SSSR count). The van der Waals surface area contributed by atoms with E-state index in [1.807, 2.05) is 0 Å². The highest BCUT2D eigenvalue weighted by molar-refractivity contribution is 5.76. The number of nitrogens with one attached hydrogen (secondary N) is 1. The van der Waals surface area contributed by atoms with Crippen LogP contribution in [-0.2, 0) is 0 Å². The summed E-state index contributed by atoms with van der Waals surface area (Å²) in [4.78, 5) is 14.0. The number of urea groups is 1. The fourth-order valence-corrected chi connectivity index (χ4v) is 4.45. The van der Waals surface area contributed by atoms with E-state index in [9.17, 15) is 23.1 Å². The van der Waals surface area contributed by atoms with Gasteiger partial charge in [0, 0.05) is 12.1 Å². The Bertz CT molecular complexity index is 410. The van der Waals surface area contributed by atoms with E-state index < -0.39 is 30.3 Å². The van der Waals surface area contributed by atoms with Gasteiger partial charge in [-0.3, -0.25) is 0 Å². The standard InChI is InChI=1S/C15H23F3N2O2/c16-15(17,18)13(9-3-1-2-4-9)19-14(22)20-10-5-6-11(20)8-12(21)7-10/h9-13,21H,1-8H2,(H,19,22)/t10-,11-,13+/m0/s1. The molecular formula is C15H23F3N2O2. The zero-order valence-corrected chi connectivity index (χ0v) is 12.5. The van der Waals surface area contributed by atoms with Crippen LogP contribution in [0.1, 0.15) is 51.4 Å². The topological polar surface area (TPSA) is 52.6 Å². The molecule has 0 radical (unpaired) electrons. The van der Waals surface area contributed by atoms with E-state index in [4.69, 9.17) is 0 Å². The second kappa shape index (κ2) is 5.91. The molecule has 2 amide bonds. The molecule has 1 aliphatic carbocycles. The summed E-state index contributed by atoms with van der Waals surface area (Å²) in [6.07, 6.45) is 0.307. The molecule has 3 atom stereocenters. The number of carbonyl (C=O) groups is 1. The molecule has 4 nitrogen and oxygen atoms in total. The fraction of sp³-hybridized carbons (Fsp3) is 0.933. The Balaban J connectivity index is 1.69. The zero-order valence-electron chi connectivity index (χ0n) is 12.5. The predicted molar refractivity (Wildman–Crippen MR) is 74.2 cm³/mol. The monoisotopic (exact) mass is 320 g/mol. The summed E-state index contributed by atoms with van der Waals surface area (Å²) >= 11 is 0. The molecule has 2 heterocycles. The first-order chi connectivity index (χ1) is 10.4. The summed E-state index contributed by atoms with van der Waals surface area (Å²) < 4.78 is 39.9. The van der Waals surface area contributed by atoms with E-state index in [0.717, 1.165) is 25.7 Å².